The second-order valence-corrected chi connectivity index (χ2v) is 6.10. The summed E-state index contributed by atoms with van der Waals surface area (Å²) in [6, 6.07) is 3.09. The molecule has 0 aliphatic rings. The first kappa shape index (κ1) is 17.3. The number of benzene rings is 1. The highest BCUT2D eigenvalue weighted by atomic mass is 32.1. The molecule has 1 atom stereocenters. The number of carbonyl (C=O) groups is 1. The van der Waals surface area contributed by atoms with Crippen LogP contribution in [0.25, 0.3) is 0 Å². The molecule has 5 nitrogen and oxygen atoms in total. The van der Waals surface area contributed by atoms with Crippen molar-refractivity contribution in [2.45, 2.75) is 20.0 Å². The number of aromatic nitrogens is 1. The Kier molecular flexibility index (Phi) is 5.62. The summed E-state index contributed by atoms with van der Waals surface area (Å²) < 4.78 is 30.9. The van der Waals surface area contributed by atoms with Gasteiger partial charge in [0.15, 0.2) is 11.6 Å². The molecule has 8 heteroatoms. The van der Waals surface area contributed by atoms with E-state index in [1.165, 1.54) is 17.4 Å². The highest BCUT2D eigenvalue weighted by molar-refractivity contribution is 7.13. The van der Waals surface area contributed by atoms with Crippen LogP contribution >= 0.6 is 11.3 Å². The topological polar surface area (TPSA) is 71.5 Å². The van der Waals surface area contributed by atoms with E-state index in [0.717, 1.165) is 17.1 Å². The molecule has 1 aromatic heterocycles. The zero-order valence-electron chi connectivity index (χ0n) is 12.6. The van der Waals surface area contributed by atoms with E-state index in [1.54, 1.807) is 13.8 Å². The number of thiazole rings is 1. The summed E-state index contributed by atoms with van der Waals surface area (Å²) in [7, 11) is 0. The summed E-state index contributed by atoms with van der Waals surface area (Å²) in [4.78, 5) is 16.6. The Morgan fingerprint density at radius 3 is 2.74 bits per heavy atom. The smallest absolute Gasteiger partial charge is 0.263 e. The number of aliphatic hydroxyl groups is 1. The van der Waals surface area contributed by atoms with Crippen LogP contribution in [0.2, 0.25) is 0 Å². The molecule has 1 heterocycles. The molecule has 1 amide bonds. The van der Waals surface area contributed by atoms with Gasteiger partial charge in [0.2, 0.25) is 0 Å². The fourth-order valence-corrected chi connectivity index (χ4v) is 2.69. The molecule has 0 aliphatic carbocycles. The van der Waals surface area contributed by atoms with Crippen LogP contribution in [0.3, 0.4) is 0 Å². The summed E-state index contributed by atoms with van der Waals surface area (Å²) in [5.41, 5.74) is 0.637. The van der Waals surface area contributed by atoms with Crippen LogP contribution in [-0.4, -0.2) is 35.3 Å². The molecular weight excluding hydrogens is 326 g/mol. The van der Waals surface area contributed by atoms with Gasteiger partial charge in [0, 0.05) is 12.6 Å². The standard InChI is InChI=1S/C15H16F2N2O3S/c1-8-14(23-9(2)19-8)15(21)18-6-10(20)7-22-11-3-4-12(16)13(17)5-11/h3-5,10,20H,6-7H2,1-2H3,(H,18,21). The van der Waals surface area contributed by atoms with Gasteiger partial charge in [-0.3, -0.25) is 4.79 Å². The van der Waals surface area contributed by atoms with E-state index < -0.39 is 17.7 Å². The molecule has 23 heavy (non-hydrogen) atoms. The van der Waals surface area contributed by atoms with E-state index in [9.17, 15) is 18.7 Å². The summed E-state index contributed by atoms with van der Waals surface area (Å²) in [6.07, 6.45) is -0.985. The van der Waals surface area contributed by atoms with Gasteiger partial charge in [0.25, 0.3) is 5.91 Å². The van der Waals surface area contributed by atoms with Crippen LogP contribution in [0.5, 0.6) is 5.75 Å². The molecule has 0 bridgehead atoms. The van der Waals surface area contributed by atoms with Gasteiger partial charge in [-0.15, -0.1) is 11.3 Å². The van der Waals surface area contributed by atoms with E-state index in [2.05, 4.69) is 10.3 Å². The van der Waals surface area contributed by atoms with Gasteiger partial charge in [-0.2, -0.15) is 0 Å². The second-order valence-electron chi connectivity index (χ2n) is 4.90. The number of carbonyl (C=O) groups excluding carboxylic acids is 1. The van der Waals surface area contributed by atoms with Crippen LogP contribution < -0.4 is 10.1 Å². The van der Waals surface area contributed by atoms with Crippen molar-refractivity contribution in [3.8, 4) is 5.75 Å². The molecule has 0 saturated carbocycles. The van der Waals surface area contributed by atoms with Crippen molar-refractivity contribution in [1.29, 1.82) is 0 Å². The van der Waals surface area contributed by atoms with Gasteiger partial charge < -0.3 is 15.2 Å². The van der Waals surface area contributed by atoms with Gasteiger partial charge in [-0.1, -0.05) is 0 Å². The maximum atomic E-state index is 13.0. The third-order valence-electron chi connectivity index (χ3n) is 2.94. The first-order chi connectivity index (χ1) is 10.9. The number of nitrogens with one attached hydrogen (secondary N) is 1. The second kappa shape index (κ2) is 7.47. The first-order valence-electron chi connectivity index (χ1n) is 6.85. The van der Waals surface area contributed by atoms with Crippen molar-refractivity contribution >= 4 is 17.2 Å². The molecule has 124 valence electrons. The SMILES string of the molecule is Cc1nc(C)c(C(=O)NCC(O)COc2ccc(F)c(F)c2)s1. The number of amides is 1. The zero-order chi connectivity index (χ0) is 17.0. The van der Waals surface area contributed by atoms with Crippen molar-refractivity contribution < 1.29 is 23.4 Å². The molecule has 0 fully saturated rings. The van der Waals surface area contributed by atoms with E-state index >= 15 is 0 Å². The van der Waals surface area contributed by atoms with Crippen molar-refractivity contribution in [2.24, 2.45) is 0 Å². The highest BCUT2D eigenvalue weighted by Crippen LogP contribution is 2.17. The minimum absolute atomic E-state index is 0.0289. The Hall–Kier alpha value is -2.06. The van der Waals surface area contributed by atoms with Crippen molar-refractivity contribution in [1.82, 2.24) is 10.3 Å². The molecule has 1 unspecified atom stereocenters. The van der Waals surface area contributed by atoms with E-state index in [1.807, 2.05) is 0 Å². The molecule has 2 aromatic rings. The van der Waals surface area contributed by atoms with Crippen LogP contribution in [0.15, 0.2) is 18.2 Å². The lowest BCUT2D eigenvalue weighted by Gasteiger charge is -2.13. The molecule has 0 saturated heterocycles. The minimum atomic E-state index is -1.03. The lowest BCUT2D eigenvalue weighted by Crippen LogP contribution is -2.35. The highest BCUT2D eigenvalue weighted by Gasteiger charge is 2.15. The summed E-state index contributed by atoms with van der Waals surface area (Å²) in [6.45, 7) is 3.35. The molecule has 1 aromatic carbocycles. The lowest BCUT2D eigenvalue weighted by atomic mass is 10.3. The molecule has 0 radical (unpaired) electrons. The van der Waals surface area contributed by atoms with Crippen molar-refractivity contribution in [3.05, 3.63) is 45.4 Å². The monoisotopic (exact) mass is 342 g/mol. The maximum Gasteiger partial charge on any atom is 0.263 e. The minimum Gasteiger partial charge on any atom is -0.491 e. The number of halogens is 2. The van der Waals surface area contributed by atoms with Gasteiger partial charge in [-0.05, 0) is 26.0 Å². The number of rotatable bonds is 6. The average Bonchev–Trinajstić information content (AvgIpc) is 2.84. The number of aliphatic hydroxyl groups excluding tert-OH is 1. The molecule has 2 rings (SSSR count). The van der Waals surface area contributed by atoms with Crippen LogP contribution in [0.4, 0.5) is 8.78 Å². The first-order valence-corrected chi connectivity index (χ1v) is 7.66. The number of hydrogen-bond donors (Lipinski definition) is 2. The number of ether oxygens (including phenoxy) is 1. The summed E-state index contributed by atoms with van der Waals surface area (Å²) in [5.74, 6) is -2.22. The van der Waals surface area contributed by atoms with Gasteiger partial charge in [0.1, 0.15) is 23.3 Å². The zero-order valence-corrected chi connectivity index (χ0v) is 13.4. The quantitative estimate of drug-likeness (QED) is 0.844. The van der Waals surface area contributed by atoms with Gasteiger partial charge in [0.05, 0.1) is 10.7 Å². The predicted molar refractivity (Wildman–Crippen MR) is 81.8 cm³/mol. The molecular formula is C15H16F2N2O3S. The Balaban J connectivity index is 1.80. The molecule has 2 N–H and O–H groups in total. The molecule has 0 aliphatic heterocycles. The Labute approximate surface area is 135 Å². The number of nitrogens with zero attached hydrogens (tertiary/aromatic N) is 1. The Morgan fingerprint density at radius 1 is 1.39 bits per heavy atom. The van der Waals surface area contributed by atoms with E-state index in [4.69, 9.17) is 4.74 Å². The fraction of sp³-hybridized carbons (Fsp3) is 0.333. The van der Waals surface area contributed by atoms with Crippen LogP contribution in [-0.2, 0) is 0 Å². The van der Waals surface area contributed by atoms with Crippen LogP contribution in [0.1, 0.15) is 20.4 Å². The third kappa shape index (κ3) is 4.70. The summed E-state index contributed by atoms with van der Waals surface area (Å²) in [5, 5.41) is 13.1. The Morgan fingerprint density at radius 2 is 2.13 bits per heavy atom. The van der Waals surface area contributed by atoms with Crippen molar-refractivity contribution in [3.63, 3.8) is 0 Å². The third-order valence-corrected chi connectivity index (χ3v) is 4.01. The largest absolute Gasteiger partial charge is 0.491 e. The van der Waals surface area contributed by atoms with E-state index in [0.29, 0.717) is 10.6 Å². The lowest BCUT2D eigenvalue weighted by molar-refractivity contribution is 0.0845. The van der Waals surface area contributed by atoms with Crippen molar-refractivity contribution in [2.75, 3.05) is 13.2 Å². The predicted octanol–water partition coefficient (Wildman–Crippen LogP) is 2.21. The van der Waals surface area contributed by atoms with E-state index in [-0.39, 0.29) is 24.8 Å². The maximum absolute atomic E-state index is 13.0. The normalized spacial score (nSPS) is 12.0. The summed E-state index contributed by atoms with van der Waals surface area (Å²) >= 11 is 1.27. The number of hydrogen-bond acceptors (Lipinski definition) is 5. The average molecular weight is 342 g/mol. The number of aryl methyl sites for hydroxylation is 2. The molecule has 0 spiro atoms. The van der Waals surface area contributed by atoms with Crippen LogP contribution in [0, 0.1) is 25.5 Å². The Bertz CT molecular complexity index is 706. The van der Waals surface area contributed by atoms with Gasteiger partial charge >= 0.3 is 0 Å². The van der Waals surface area contributed by atoms with Gasteiger partial charge in [-0.25, -0.2) is 13.8 Å². The fourth-order valence-electron chi connectivity index (χ4n) is 1.85.